The fourth-order valence-corrected chi connectivity index (χ4v) is 3.77. The molecule has 3 aromatic carbocycles. The number of nitrogens with zero attached hydrogens (tertiary/aromatic N) is 2. The number of nitrogens with two attached hydrogens (primary N) is 1. The molecule has 0 bridgehead atoms. The van der Waals surface area contributed by atoms with Gasteiger partial charge in [-0.3, -0.25) is 4.79 Å². The number of hydrogen-bond donors (Lipinski definition) is 1. The molecule has 2 N–H and O–H groups in total. The number of sulfonamides is 1. The molecule has 0 unspecified atom stereocenters. The van der Waals surface area contributed by atoms with E-state index in [9.17, 15) is 13.2 Å². The number of carbonyl (C=O) groups excluding carboxylic acids is 1. The number of anilines is 1. The summed E-state index contributed by atoms with van der Waals surface area (Å²) < 4.78 is 28.9. The maximum atomic E-state index is 13.1. The van der Waals surface area contributed by atoms with Gasteiger partial charge in [-0.1, -0.05) is 48.5 Å². The minimum atomic E-state index is -3.81. The van der Waals surface area contributed by atoms with Crippen molar-refractivity contribution in [1.82, 2.24) is 0 Å². The van der Waals surface area contributed by atoms with Crippen LogP contribution in [0.1, 0.15) is 18.1 Å². The van der Waals surface area contributed by atoms with Gasteiger partial charge in [0.15, 0.2) is 0 Å². The third kappa shape index (κ3) is 4.61. The van der Waals surface area contributed by atoms with Crippen LogP contribution in [0.4, 0.5) is 5.69 Å². The molecule has 1 aliphatic rings. The monoisotopic (exact) mass is 447 g/mol. The van der Waals surface area contributed by atoms with Crippen LogP contribution in [0, 0.1) is 0 Å². The molecule has 7 nitrogen and oxygen atoms in total. The van der Waals surface area contributed by atoms with Crippen molar-refractivity contribution >= 4 is 33.4 Å². The van der Waals surface area contributed by atoms with Crippen LogP contribution in [0.25, 0.3) is 6.08 Å². The third-order valence-electron chi connectivity index (χ3n) is 4.93. The lowest BCUT2D eigenvalue weighted by Crippen LogP contribution is -2.21. The molecule has 0 atom stereocenters. The van der Waals surface area contributed by atoms with Gasteiger partial charge in [-0.05, 0) is 48.9 Å². The van der Waals surface area contributed by atoms with Gasteiger partial charge in [0.05, 0.1) is 21.9 Å². The molecule has 0 saturated heterocycles. The topological polar surface area (TPSA) is 102 Å². The summed E-state index contributed by atoms with van der Waals surface area (Å²) in [5.74, 6) is 0.337. The number of amides is 1. The maximum Gasteiger partial charge on any atom is 0.280 e. The van der Waals surface area contributed by atoms with Crippen molar-refractivity contribution < 1.29 is 17.9 Å². The van der Waals surface area contributed by atoms with Crippen LogP contribution in [0.2, 0.25) is 0 Å². The quantitative estimate of drug-likeness (QED) is 0.582. The maximum absolute atomic E-state index is 13.1. The van der Waals surface area contributed by atoms with Crippen molar-refractivity contribution in [2.75, 3.05) is 5.01 Å². The molecule has 32 heavy (non-hydrogen) atoms. The van der Waals surface area contributed by atoms with E-state index in [1.807, 2.05) is 54.6 Å². The Hall–Kier alpha value is -3.75. The van der Waals surface area contributed by atoms with Crippen molar-refractivity contribution in [3.05, 3.63) is 95.6 Å². The molecule has 0 radical (unpaired) electrons. The Labute approximate surface area is 186 Å². The Morgan fingerprint density at radius 3 is 2.31 bits per heavy atom. The zero-order valence-electron chi connectivity index (χ0n) is 17.3. The average molecular weight is 448 g/mol. The minimum Gasteiger partial charge on any atom is -0.488 e. The lowest BCUT2D eigenvalue weighted by Gasteiger charge is -2.12. The number of hydrogen-bond acceptors (Lipinski definition) is 5. The summed E-state index contributed by atoms with van der Waals surface area (Å²) in [5.41, 5.74) is 3.21. The van der Waals surface area contributed by atoms with E-state index in [1.54, 1.807) is 13.0 Å². The van der Waals surface area contributed by atoms with Crippen molar-refractivity contribution in [2.24, 2.45) is 10.2 Å². The van der Waals surface area contributed by atoms with Crippen molar-refractivity contribution in [3.63, 3.8) is 0 Å². The zero-order chi connectivity index (χ0) is 22.7. The van der Waals surface area contributed by atoms with E-state index in [1.165, 1.54) is 29.3 Å². The first-order valence-corrected chi connectivity index (χ1v) is 11.4. The van der Waals surface area contributed by atoms with Gasteiger partial charge in [0, 0.05) is 5.56 Å². The van der Waals surface area contributed by atoms with Crippen molar-refractivity contribution in [2.45, 2.75) is 18.4 Å². The number of rotatable bonds is 6. The molecule has 0 aliphatic carbocycles. The Bertz CT molecular complexity index is 1310. The van der Waals surface area contributed by atoms with E-state index in [-0.39, 0.29) is 10.8 Å². The summed E-state index contributed by atoms with van der Waals surface area (Å²) in [7, 11) is -3.81. The number of hydrazone groups is 1. The molecule has 162 valence electrons. The highest BCUT2D eigenvalue weighted by atomic mass is 32.2. The van der Waals surface area contributed by atoms with Crippen LogP contribution >= 0.6 is 0 Å². The first-order valence-electron chi connectivity index (χ1n) is 9.83. The normalized spacial score (nSPS) is 15.2. The molecule has 1 heterocycles. The molecule has 1 aliphatic heterocycles. The van der Waals surface area contributed by atoms with Crippen LogP contribution in [0.3, 0.4) is 0 Å². The van der Waals surface area contributed by atoms with Crippen LogP contribution in [-0.2, 0) is 21.4 Å². The predicted molar refractivity (Wildman–Crippen MR) is 124 cm³/mol. The summed E-state index contributed by atoms with van der Waals surface area (Å²) >= 11 is 0. The molecular weight excluding hydrogens is 426 g/mol. The molecule has 0 aromatic heterocycles. The number of para-hydroxylation sites is 1. The fraction of sp³-hybridized carbons (Fsp3) is 0.0833. The molecule has 0 fully saturated rings. The highest BCUT2D eigenvalue weighted by molar-refractivity contribution is 7.89. The Kier molecular flexibility index (Phi) is 5.89. The fourth-order valence-electron chi connectivity index (χ4n) is 3.26. The Morgan fingerprint density at radius 1 is 0.969 bits per heavy atom. The van der Waals surface area contributed by atoms with Crippen LogP contribution in [-0.4, -0.2) is 20.0 Å². The van der Waals surface area contributed by atoms with Gasteiger partial charge in [-0.15, -0.1) is 0 Å². The van der Waals surface area contributed by atoms with Crippen LogP contribution < -0.4 is 14.9 Å². The molecule has 0 saturated carbocycles. The lowest BCUT2D eigenvalue weighted by atomic mass is 10.1. The molecule has 0 spiro atoms. The van der Waals surface area contributed by atoms with E-state index < -0.39 is 10.0 Å². The van der Waals surface area contributed by atoms with Gasteiger partial charge in [0.25, 0.3) is 5.91 Å². The molecule has 4 rings (SSSR count). The summed E-state index contributed by atoms with van der Waals surface area (Å²) in [6.07, 6.45) is 1.75. The van der Waals surface area contributed by atoms with Gasteiger partial charge in [-0.25, -0.2) is 13.6 Å². The molecular formula is C24H21N3O4S. The standard InChI is InChI=1S/C24H21N3O4S/c1-17-22(24(28)27(26-17)20-11-13-21(14-12-20)32(25,29)30)15-19-9-5-6-10-23(19)31-16-18-7-3-2-4-8-18/h2-15H,16H2,1H3,(H2,25,29,30)/b22-15-. The van der Waals surface area contributed by atoms with E-state index in [0.717, 1.165) is 11.1 Å². The van der Waals surface area contributed by atoms with Gasteiger partial charge in [0.1, 0.15) is 12.4 Å². The molecule has 8 heteroatoms. The molecule has 3 aromatic rings. The Balaban J connectivity index is 1.58. The lowest BCUT2D eigenvalue weighted by molar-refractivity contribution is -0.114. The van der Waals surface area contributed by atoms with Gasteiger partial charge < -0.3 is 4.74 Å². The van der Waals surface area contributed by atoms with E-state index in [4.69, 9.17) is 9.88 Å². The summed E-state index contributed by atoms with van der Waals surface area (Å²) in [6.45, 7) is 2.15. The van der Waals surface area contributed by atoms with Gasteiger partial charge in [0.2, 0.25) is 10.0 Å². The van der Waals surface area contributed by atoms with Crippen LogP contribution in [0.15, 0.2) is 94.4 Å². The van der Waals surface area contributed by atoms with E-state index >= 15 is 0 Å². The second kappa shape index (κ2) is 8.78. The van der Waals surface area contributed by atoms with E-state index in [0.29, 0.717) is 29.3 Å². The summed E-state index contributed by atoms with van der Waals surface area (Å²) in [4.78, 5) is 13.0. The third-order valence-corrected chi connectivity index (χ3v) is 5.86. The zero-order valence-corrected chi connectivity index (χ0v) is 18.1. The summed E-state index contributed by atoms with van der Waals surface area (Å²) in [6, 6.07) is 23.0. The smallest absolute Gasteiger partial charge is 0.280 e. The highest BCUT2D eigenvalue weighted by Crippen LogP contribution is 2.28. The largest absolute Gasteiger partial charge is 0.488 e. The molecule has 1 amide bonds. The first-order chi connectivity index (χ1) is 15.3. The number of carbonyl (C=O) groups is 1. The van der Waals surface area contributed by atoms with Gasteiger partial charge >= 0.3 is 0 Å². The highest BCUT2D eigenvalue weighted by Gasteiger charge is 2.29. The second-order valence-electron chi connectivity index (χ2n) is 7.21. The summed E-state index contributed by atoms with van der Waals surface area (Å²) in [5, 5.41) is 10.7. The van der Waals surface area contributed by atoms with Crippen LogP contribution in [0.5, 0.6) is 5.75 Å². The Morgan fingerprint density at radius 2 is 1.62 bits per heavy atom. The SMILES string of the molecule is CC1=NN(c2ccc(S(N)(=O)=O)cc2)C(=O)/C1=C\c1ccccc1OCc1ccccc1. The van der Waals surface area contributed by atoms with Crippen molar-refractivity contribution in [1.29, 1.82) is 0 Å². The number of primary sulfonamides is 1. The number of ether oxygens (including phenoxy) is 1. The first kappa shape index (κ1) is 21.5. The minimum absolute atomic E-state index is 0.0335. The average Bonchev–Trinajstić information content (AvgIpc) is 3.07. The predicted octanol–water partition coefficient (Wildman–Crippen LogP) is 3.72. The number of benzene rings is 3. The van der Waals surface area contributed by atoms with Gasteiger partial charge in [-0.2, -0.15) is 10.1 Å². The van der Waals surface area contributed by atoms with E-state index in [2.05, 4.69) is 5.10 Å². The second-order valence-corrected chi connectivity index (χ2v) is 8.77. The van der Waals surface area contributed by atoms with Crippen molar-refractivity contribution in [3.8, 4) is 5.75 Å².